The van der Waals surface area contributed by atoms with Crippen molar-refractivity contribution in [2.45, 2.75) is 31.3 Å². The molecule has 1 saturated carbocycles. The van der Waals surface area contributed by atoms with Crippen LogP contribution in [0.15, 0.2) is 85.0 Å². The lowest BCUT2D eigenvalue weighted by Crippen LogP contribution is -2.38. The van der Waals surface area contributed by atoms with E-state index in [1.807, 2.05) is 36.5 Å². The molecule has 2 heterocycles. The number of nitrogens with zero attached hydrogens (tertiary/aromatic N) is 3. The molecule has 0 bridgehead atoms. The number of pyridine rings is 1. The van der Waals surface area contributed by atoms with Crippen molar-refractivity contribution in [3.8, 4) is 6.07 Å². The number of halogens is 2. The summed E-state index contributed by atoms with van der Waals surface area (Å²) in [5.74, 6) is -0.289. The van der Waals surface area contributed by atoms with Gasteiger partial charge < -0.3 is 16.1 Å². The highest BCUT2D eigenvalue weighted by atomic mass is 35.5. The molecular weight excluding hydrogens is 513 g/mol. The fourth-order valence-electron chi connectivity index (χ4n) is 4.84. The summed E-state index contributed by atoms with van der Waals surface area (Å²) in [4.78, 5) is 4.18. The van der Waals surface area contributed by atoms with Gasteiger partial charge in [0.25, 0.3) is 0 Å². The Kier molecular flexibility index (Phi) is 6.93. The van der Waals surface area contributed by atoms with E-state index in [-0.39, 0.29) is 11.9 Å². The van der Waals surface area contributed by atoms with Crippen LogP contribution in [0.4, 0.5) is 15.8 Å². The Hall–Kier alpha value is -4.32. The second-order valence-corrected chi connectivity index (χ2v) is 10.2. The van der Waals surface area contributed by atoms with Gasteiger partial charge in [0.1, 0.15) is 11.9 Å². The minimum Gasteiger partial charge on any atom is -0.383 e. The number of fused-ring (bicyclic) bond motifs is 1. The molecule has 1 aliphatic carbocycles. The van der Waals surface area contributed by atoms with E-state index in [4.69, 9.17) is 11.6 Å². The molecule has 1 aliphatic heterocycles. The van der Waals surface area contributed by atoms with Gasteiger partial charge in [-0.3, -0.25) is 9.99 Å². The lowest BCUT2D eigenvalue weighted by molar-refractivity contribution is 0.260. The topological polar surface area (TPSA) is 88.0 Å². The number of nitriles is 1. The molecule has 4 aromatic rings. The van der Waals surface area contributed by atoms with E-state index in [0.717, 1.165) is 58.2 Å². The highest BCUT2D eigenvalue weighted by molar-refractivity contribution is 6.36. The van der Waals surface area contributed by atoms with E-state index in [2.05, 4.69) is 43.9 Å². The van der Waals surface area contributed by atoms with Crippen LogP contribution in [0.5, 0.6) is 0 Å². The van der Waals surface area contributed by atoms with Crippen molar-refractivity contribution in [2.75, 3.05) is 17.2 Å². The molecular formula is C30H27ClFN7. The van der Waals surface area contributed by atoms with Gasteiger partial charge in [-0.15, -0.1) is 5.53 Å². The Bertz CT molecular complexity index is 1560. The Morgan fingerprint density at radius 1 is 1.13 bits per heavy atom. The van der Waals surface area contributed by atoms with Crippen LogP contribution in [0.25, 0.3) is 10.8 Å². The second kappa shape index (κ2) is 10.8. The van der Waals surface area contributed by atoms with E-state index in [1.165, 1.54) is 12.1 Å². The Morgan fingerprint density at radius 3 is 2.72 bits per heavy atom. The number of rotatable bonds is 9. The number of aromatic nitrogens is 1. The van der Waals surface area contributed by atoms with Gasteiger partial charge in [0, 0.05) is 47.6 Å². The van der Waals surface area contributed by atoms with Gasteiger partial charge in [0.15, 0.2) is 0 Å². The van der Waals surface area contributed by atoms with Crippen LogP contribution in [0.3, 0.4) is 0 Å². The van der Waals surface area contributed by atoms with Crippen LogP contribution >= 0.6 is 11.6 Å². The first-order valence-corrected chi connectivity index (χ1v) is 13.3. The molecule has 1 aromatic heterocycles. The molecule has 0 amide bonds. The van der Waals surface area contributed by atoms with Crippen molar-refractivity contribution in [2.24, 2.45) is 0 Å². The van der Waals surface area contributed by atoms with Gasteiger partial charge in [-0.1, -0.05) is 35.9 Å². The molecule has 39 heavy (non-hydrogen) atoms. The summed E-state index contributed by atoms with van der Waals surface area (Å²) in [6, 6.07) is 20.5. The van der Waals surface area contributed by atoms with Gasteiger partial charge in [0.2, 0.25) is 0 Å². The van der Waals surface area contributed by atoms with Crippen LogP contribution in [0, 0.1) is 17.1 Å². The first-order valence-electron chi connectivity index (χ1n) is 12.9. The number of hydrogen-bond donors (Lipinski definition) is 4. The van der Waals surface area contributed by atoms with Crippen LogP contribution in [0.1, 0.15) is 35.6 Å². The first kappa shape index (κ1) is 25.0. The lowest BCUT2D eigenvalue weighted by atomic mass is 10.0. The molecule has 7 nitrogen and oxygen atoms in total. The fourth-order valence-corrected chi connectivity index (χ4v) is 5.12. The molecule has 0 radical (unpaired) electrons. The van der Waals surface area contributed by atoms with E-state index < -0.39 is 0 Å². The molecule has 0 spiro atoms. The molecule has 196 valence electrons. The van der Waals surface area contributed by atoms with Gasteiger partial charge >= 0.3 is 0 Å². The van der Waals surface area contributed by atoms with E-state index in [0.29, 0.717) is 23.2 Å². The summed E-state index contributed by atoms with van der Waals surface area (Å²) < 4.78 is 13.8. The quantitative estimate of drug-likeness (QED) is 0.206. The Labute approximate surface area is 231 Å². The summed E-state index contributed by atoms with van der Waals surface area (Å²) in [7, 11) is 0. The summed E-state index contributed by atoms with van der Waals surface area (Å²) in [6.07, 6.45) is 8.70. The minimum absolute atomic E-state index is 0.289. The molecule has 1 fully saturated rings. The maximum atomic E-state index is 13.8. The molecule has 3 aromatic carbocycles. The normalized spacial score (nSPS) is 15.4. The minimum atomic E-state index is -0.295. The third-order valence-electron chi connectivity index (χ3n) is 7.02. The van der Waals surface area contributed by atoms with Crippen molar-refractivity contribution in [3.05, 3.63) is 112 Å². The van der Waals surface area contributed by atoms with Gasteiger partial charge in [-0.05, 0) is 66.8 Å². The monoisotopic (exact) mass is 539 g/mol. The summed E-state index contributed by atoms with van der Waals surface area (Å²) >= 11 is 6.78. The molecule has 9 heteroatoms. The van der Waals surface area contributed by atoms with E-state index >= 15 is 0 Å². The van der Waals surface area contributed by atoms with Crippen molar-refractivity contribution in [3.63, 3.8) is 0 Å². The number of hydrazine groups is 2. The average molecular weight is 540 g/mol. The number of nitrogens with one attached hydrogen (secondary N) is 4. The summed E-state index contributed by atoms with van der Waals surface area (Å²) in [6.45, 7) is 0.631. The molecule has 0 saturated heterocycles. The van der Waals surface area contributed by atoms with Crippen LogP contribution in [0.2, 0.25) is 5.02 Å². The van der Waals surface area contributed by atoms with Crippen LogP contribution < -0.4 is 21.6 Å². The van der Waals surface area contributed by atoms with E-state index in [1.54, 1.807) is 24.4 Å². The van der Waals surface area contributed by atoms with E-state index in [9.17, 15) is 9.65 Å². The third kappa shape index (κ3) is 5.46. The number of anilines is 2. The van der Waals surface area contributed by atoms with Crippen molar-refractivity contribution in [1.29, 1.82) is 5.26 Å². The largest absolute Gasteiger partial charge is 0.383 e. The molecule has 1 atom stereocenters. The zero-order valence-electron chi connectivity index (χ0n) is 21.1. The highest BCUT2D eigenvalue weighted by Crippen LogP contribution is 2.37. The molecule has 2 aliphatic rings. The van der Waals surface area contributed by atoms with Crippen molar-refractivity contribution >= 4 is 33.7 Å². The van der Waals surface area contributed by atoms with Gasteiger partial charge in [0.05, 0.1) is 28.0 Å². The lowest BCUT2D eigenvalue weighted by Gasteiger charge is -2.22. The maximum Gasteiger partial charge on any atom is 0.123 e. The average Bonchev–Trinajstić information content (AvgIpc) is 3.69. The zero-order valence-corrected chi connectivity index (χ0v) is 21.8. The Morgan fingerprint density at radius 2 is 1.97 bits per heavy atom. The highest BCUT2D eigenvalue weighted by Gasteiger charge is 2.32. The Balaban J connectivity index is 1.34. The van der Waals surface area contributed by atoms with Crippen LogP contribution in [-0.2, 0) is 6.42 Å². The molecule has 1 unspecified atom stereocenters. The van der Waals surface area contributed by atoms with Crippen molar-refractivity contribution in [1.82, 2.24) is 21.0 Å². The van der Waals surface area contributed by atoms with Crippen LogP contribution in [-0.4, -0.2) is 22.6 Å². The fraction of sp³-hybridized carbons (Fsp3) is 0.200. The smallest absolute Gasteiger partial charge is 0.123 e. The SMILES string of the molecule is N#Cc1ccc2c(Cl)cc(NC(C3=CN(C4CC4)NN3)c3ccc(F)cc3)cc2c1NCCc1cccnc1. The van der Waals surface area contributed by atoms with Crippen molar-refractivity contribution < 1.29 is 4.39 Å². The predicted octanol–water partition coefficient (Wildman–Crippen LogP) is 6.04. The summed E-state index contributed by atoms with van der Waals surface area (Å²) in [5.41, 5.74) is 11.5. The van der Waals surface area contributed by atoms with Gasteiger partial charge in [-0.2, -0.15) is 5.26 Å². The molecule has 4 N–H and O–H groups in total. The number of hydrogen-bond acceptors (Lipinski definition) is 7. The first-order chi connectivity index (χ1) is 19.1. The third-order valence-corrected chi connectivity index (χ3v) is 7.33. The maximum absolute atomic E-state index is 13.8. The standard InChI is InChI=1S/C30H27ClFN7/c31-27-15-23(36-30(20-3-6-22(32)7-4-20)28-18-39(38-37-28)24-8-9-24)14-26-25(27)10-5-21(16-33)29(26)35-13-11-19-2-1-12-34-17-19/h1-7,10,12,14-15,17-18,24,30,35-38H,8-9,11,13H2. The second-order valence-electron chi connectivity index (χ2n) is 9.78. The number of benzene rings is 3. The molecule has 6 rings (SSSR count). The zero-order chi connectivity index (χ0) is 26.8. The predicted molar refractivity (Wildman–Crippen MR) is 152 cm³/mol. The summed E-state index contributed by atoms with van der Waals surface area (Å²) in [5, 5.41) is 21.3. The van der Waals surface area contributed by atoms with Gasteiger partial charge in [-0.25, -0.2) is 4.39 Å².